The lowest BCUT2D eigenvalue weighted by Gasteiger charge is -2.45. The number of aryl methyl sites for hydroxylation is 1. The van der Waals surface area contributed by atoms with E-state index in [0.717, 1.165) is 31.9 Å². The van der Waals surface area contributed by atoms with Crippen LogP contribution in [0.5, 0.6) is 0 Å². The summed E-state index contributed by atoms with van der Waals surface area (Å²) in [4.78, 5) is 0. The average Bonchev–Trinajstić information content (AvgIpc) is 2.48. The molecule has 1 atom stereocenters. The van der Waals surface area contributed by atoms with E-state index < -0.39 is 0 Å². The topological polar surface area (TPSA) is 21.3 Å². The number of rotatable bonds is 6. The lowest BCUT2D eigenvalue weighted by Crippen LogP contribution is -2.48. The fourth-order valence-electron chi connectivity index (χ4n) is 3.72. The van der Waals surface area contributed by atoms with Gasteiger partial charge in [0.15, 0.2) is 0 Å². The zero-order chi connectivity index (χ0) is 15.3. The molecular weight excluding hydrogens is 258 g/mol. The lowest BCUT2D eigenvalue weighted by atomic mass is 9.73. The summed E-state index contributed by atoms with van der Waals surface area (Å²) in [6, 6.07) is 9.20. The van der Waals surface area contributed by atoms with Gasteiger partial charge in [-0.2, -0.15) is 0 Å². The Hall–Kier alpha value is -0.860. The van der Waals surface area contributed by atoms with Crippen LogP contribution in [0, 0.1) is 12.8 Å². The van der Waals surface area contributed by atoms with Crippen molar-refractivity contribution in [1.29, 1.82) is 0 Å². The molecule has 1 aromatic rings. The van der Waals surface area contributed by atoms with Gasteiger partial charge in [0.1, 0.15) is 0 Å². The molecule has 2 heteroatoms. The molecule has 118 valence electrons. The molecule has 0 amide bonds. The number of nitrogens with one attached hydrogen (secondary N) is 1. The van der Waals surface area contributed by atoms with E-state index in [1.54, 1.807) is 0 Å². The molecule has 1 aromatic carbocycles. The van der Waals surface area contributed by atoms with Crippen LogP contribution in [-0.2, 0) is 4.74 Å². The van der Waals surface area contributed by atoms with E-state index in [4.69, 9.17) is 4.74 Å². The van der Waals surface area contributed by atoms with Crippen LogP contribution in [0.15, 0.2) is 24.3 Å². The van der Waals surface area contributed by atoms with Crippen molar-refractivity contribution < 1.29 is 4.74 Å². The molecule has 1 aliphatic carbocycles. The Kier molecular flexibility index (Phi) is 5.83. The van der Waals surface area contributed by atoms with Crippen LogP contribution in [0.2, 0.25) is 0 Å². The summed E-state index contributed by atoms with van der Waals surface area (Å²) in [6.07, 6.45) is 4.86. The molecule has 1 saturated carbocycles. The van der Waals surface area contributed by atoms with Crippen LogP contribution in [0.1, 0.15) is 63.6 Å². The molecule has 0 aliphatic heterocycles. The number of ether oxygens (including phenoxy) is 1. The monoisotopic (exact) mass is 289 g/mol. The normalized spacial score (nSPS) is 27.5. The van der Waals surface area contributed by atoms with E-state index in [2.05, 4.69) is 57.3 Å². The molecule has 1 fully saturated rings. The van der Waals surface area contributed by atoms with Crippen LogP contribution in [-0.4, -0.2) is 18.8 Å². The Bertz CT molecular complexity index is 435. The summed E-state index contributed by atoms with van der Waals surface area (Å²) in [5.41, 5.74) is 2.66. The molecule has 2 rings (SSSR count). The summed E-state index contributed by atoms with van der Waals surface area (Å²) in [5, 5.41) is 3.71. The van der Waals surface area contributed by atoms with Gasteiger partial charge in [-0.25, -0.2) is 0 Å². The minimum Gasteiger partial charge on any atom is -0.373 e. The van der Waals surface area contributed by atoms with Crippen LogP contribution in [0.4, 0.5) is 0 Å². The Labute approximate surface area is 130 Å². The van der Waals surface area contributed by atoms with E-state index in [-0.39, 0.29) is 5.60 Å². The highest BCUT2D eigenvalue weighted by Crippen LogP contribution is 2.43. The standard InChI is InChI=1S/C19H31NO/c1-5-20-18(17-9-7-8-16(4)14-17)19(21-6-2)12-10-15(3)11-13-19/h7-9,14-15,18,20H,5-6,10-13H2,1-4H3. The van der Waals surface area contributed by atoms with E-state index in [1.807, 2.05) is 0 Å². The van der Waals surface area contributed by atoms with Crippen LogP contribution >= 0.6 is 0 Å². The van der Waals surface area contributed by atoms with Gasteiger partial charge in [-0.3, -0.25) is 0 Å². The van der Waals surface area contributed by atoms with Gasteiger partial charge in [0.2, 0.25) is 0 Å². The van der Waals surface area contributed by atoms with Gasteiger partial charge in [-0.1, -0.05) is 43.7 Å². The van der Waals surface area contributed by atoms with Gasteiger partial charge in [0, 0.05) is 6.61 Å². The van der Waals surface area contributed by atoms with Crippen molar-refractivity contribution >= 4 is 0 Å². The number of hydrogen-bond donors (Lipinski definition) is 1. The van der Waals surface area contributed by atoms with Crippen molar-refractivity contribution in [2.24, 2.45) is 5.92 Å². The van der Waals surface area contributed by atoms with Crippen LogP contribution in [0.3, 0.4) is 0 Å². The highest BCUT2D eigenvalue weighted by molar-refractivity contribution is 5.28. The smallest absolute Gasteiger partial charge is 0.0876 e. The van der Waals surface area contributed by atoms with E-state index in [1.165, 1.54) is 24.0 Å². The maximum absolute atomic E-state index is 6.37. The van der Waals surface area contributed by atoms with Gasteiger partial charge in [-0.05, 0) is 57.6 Å². The van der Waals surface area contributed by atoms with Crippen molar-refractivity contribution in [3.05, 3.63) is 35.4 Å². The molecule has 21 heavy (non-hydrogen) atoms. The molecule has 2 nitrogen and oxygen atoms in total. The summed E-state index contributed by atoms with van der Waals surface area (Å²) >= 11 is 0. The summed E-state index contributed by atoms with van der Waals surface area (Å²) < 4.78 is 6.37. The number of benzene rings is 1. The van der Waals surface area contributed by atoms with E-state index in [0.29, 0.717) is 6.04 Å². The SMILES string of the molecule is CCNC(c1cccc(C)c1)C1(OCC)CCC(C)CC1. The second-order valence-electron chi connectivity index (χ2n) is 6.59. The van der Waals surface area contributed by atoms with Crippen molar-refractivity contribution in [2.45, 2.75) is 65.0 Å². The van der Waals surface area contributed by atoms with Crippen molar-refractivity contribution in [1.82, 2.24) is 5.32 Å². The molecule has 0 radical (unpaired) electrons. The number of hydrogen-bond acceptors (Lipinski definition) is 2. The second kappa shape index (κ2) is 7.42. The minimum absolute atomic E-state index is 0.0366. The predicted molar refractivity (Wildman–Crippen MR) is 89.6 cm³/mol. The summed E-state index contributed by atoms with van der Waals surface area (Å²) in [7, 11) is 0. The third-order valence-electron chi connectivity index (χ3n) is 4.86. The maximum atomic E-state index is 6.37. The maximum Gasteiger partial charge on any atom is 0.0876 e. The van der Waals surface area contributed by atoms with E-state index >= 15 is 0 Å². The van der Waals surface area contributed by atoms with Crippen LogP contribution < -0.4 is 5.32 Å². The Balaban J connectivity index is 2.32. The zero-order valence-corrected chi connectivity index (χ0v) is 14.1. The fraction of sp³-hybridized carbons (Fsp3) is 0.684. The van der Waals surface area contributed by atoms with Gasteiger partial charge in [-0.15, -0.1) is 0 Å². The van der Waals surface area contributed by atoms with Crippen molar-refractivity contribution in [3.63, 3.8) is 0 Å². The first kappa shape index (κ1) is 16.5. The highest BCUT2D eigenvalue weighted by Gasteiger charge is 2.42. The zero-order valence-electron chi connectivity index (χ0n) is 14.1. The molecule has 1 unspecified atom stereocenters. The molecule has 0 saturated heterocycles. The Morgan fingerprint density at radius 2 is 2.00 bits per heavy atom. The molecule has 0 bridgehead atoms. The summed E-state index contributed by atoms with van der Waals surface area (Å²) in [5.74, 6) is 0.832. The van der Waals surface area contributed by atoms with Gasteiger partial charge in [0.05, 0.1) is 11.6 Å². The minimum atomic E-state index is -0.0366. The Morgan fingerprint density at radius 1 is 1.29 bits per heavy atom. The molecule has 0 aromatic heterocycles. The second-order valence-corrected chi connectivity index (χ2v) is 6.59. The number of likely N-dealkylation sites (N-methyl/N-ethyl adjacent to an activating group) is 1. The van der Waals surface area contributed by atoms with Gasteiger partial charge < -0.3 is 10.1 Å². The van der Waals surface area contributed by atoms with E-state index in [9.17, 15) is 0 Å². The third-order valence-corrected chi connectivity index (χ3v) is 4.86. The van der Waals surface area contributed by atoms with Crippen molar-refractivity contribution in [3.8, 4) is 0 Å². The average molecular weight is 289 g/mol. The molecule has 1 aliphatic rings. The Morgan fingerprint density at radius 3 is 2.57 bits per heavy atom. The van der Waals surface area contributed by atoms with Crippen molar-refractivity contribution in [2.75, 3.05) is 13.2 Å². The first-order chi connectivity index (χ1) is 10.1. The molecular formula is C19H31NO. The predicted octanol–water partition coefficient (Wildman–Crippen LogP) is 4.63. The summed E-state index contributed by atoms with van der Waals surface area (Å²) in [6.45, 7) is 10.6. The van der Waals surface area contributed by atoms with Gasteiger partial charge in [0.25, 0.3) is 0 Å². The lowest BCUT2D eigenvalue weighted by molar-refractivity contribution is -0.0973. The highest BCUT2D eigenvalue weighted by atomic mass is 16.5. The molecule has 1 N–H and O–H groups in total. The largest absolute Gasteiger partial charge is 0.373 e. The quantitative estimate of drug-likeness (QED) is 0.824. The molecule has 0 spiro atoms. The third kappa shape index (κ3) is 3.87. The first-order valence-electron chi connectivity index (χ1n) is 8.55. The van der Waals surface area contributed by atoms with Crippen LogP contribution in [0.25, 0.3) is 0 Å². The van der Waals surface area contributed by atoms with Gasteiger partial charge >= 0.3 is 0 Å². The fourth-order valence-corrected chi connectivity index (χ4v) is 3.72. The molecule has 0 heterocycles. The first-order valence-corrected chi connectivity index (χ1v) is 8.55.